The van der Waals surface area contributed by atoms with Crippen LogP contribution in [0.15, 0.2) is 65.2 Å². The molecule has 1 aliphatic heterocycles. The molecule has 8 heteroatoms. The number of para-hydroxylation sites is 1. The second-order valence-corrected chi connectivity index (χ2v) is 8.46. The fraction of sp³-hybridized carbons (Fsp3) is 0.391. The van der Waals surface area contributed by atoms with E-state index in [4.69, 9.17) is 4.99 Å². The van der Waals surface area contributed by atoms with Crippen molar-refractivity contribution in [3.05, 3.63) is 70.7 Å². The number of hydrogen-bond donors (Lipinski definition) is 2. The number of thiophene rings is 1. The smallest absolute Gasteiger partial charge is 0.191 e. The predicted octanol–water partition coefficient (Wildman–Crippen LogP) is 4.44. The third-order valence-electron chi connectivity index (χ3n) is 5.34. The molecular weight excluding hydrogens is 519 g/mol. The fourth-order valence-electron chi connectivity index (χ4n) is 3.81. The number of aliphatic imine (C=N–C) groups is 1. The molecule has 166 valence electrons. The van der Waals surface area contributed by atoms with Gasteiger partial charge >= 0.3 is 0 Å². The van der Waals surface area contributed by atoms with Crippen molar-refractivity contribution in [2.75, 3.05) is 26.2 Å². The Labute approximate surface area is 205 Å². The van der Waals surface area contributed by atoms with Crippen LogP contribution in [0, 0.1) is 0 Å². The molecule has 6 nitrogen and oxygen atoms in total. The molecule has 1 atom stereocenters. The summed E-state index contributed by atoms with van der Waals surface area (Å²) < 4.78 is 1.89. The summed E-state index contributed by atoms with van der Waals surface area (Å²) in [6, 6.07) is 14.9. The molecule has 3 aromatic rings. The van der Waals surface area contributed by atoms with Crippen LogP contribution in [0.1, 0.15) is 36.2 Å². The number of rotatable bonds is 8. The van der Waals surface area contributed by atoms with Crippen molar-refractivity contribution in [2.24, 2.45) is 4.99 Å². The molecule has 31 heavy (non-hydrogen) atoms. The number of aromatic nitrogens is 2. The van der Waals surface area contributed by atoms with Gasteiger partial charge in [0.25, 0.3) is 0 Å². The van der Waals surface area contributed by atoms with E-state index in [9.17, 15) is 0 Å². The summed E-state index contributed by atoms with van der Waals surface area (Å²) in [4.78, 5) is 8.81. The molecule has 0 radical (unpaired) electrons. The van der Waals surface area contributed by atoms with Crippen LogP contribution in [0.25, 0.3) is 5.69 Å². The summed E-state index contributed by atoms with van der Waals surface area (Å²) in [5.74, 6) is 0.853. The summed E-state index contributed by atoms with van der Waals surface area (Å²) >= 11 is 1.84. The predicted molar refractivity (Wildman–Crippen MR) is 140 cm³/mol. The number of nitrogens with zero attached hydrogens (tertiary/aromatic N) is 4. The first kappa shape index (κ1) is 23.7. The Kier molecular flexibility index (Phi) is 9.35. The zero-order valence-corrected chi connectivity index (χ0v) is 21.1. The van der Waals surface area contributed by atoms with Crippen LogP contribution in [-0.2, 0) is 6.54 Å². The van der Waals surface area contributed by atoms with Gasteiger partial charge < -0.3 is 10.6 Å². The Morgan fingerprint density at radius 1 is 1.13 bits per heavy atom. The maximum Gasteiger partial charge on any atom is 0.191 e. The van der Waals surface area contributed by atoms with E-state index in [1.54, 1.807) is 0 Å². The van der Waals surface area contributed by atoms with Crippen molar-refractivity contribution >= 4 is 41.3 Å². The number of halogens is 1. The van der Waals surface area contributed by atoms with Gasteiger partial charge in [-0.1, -0.05) is 24.3 Å². The van der Waals surface area contributed by atoms with Gasteiger partial charge in [0.15, 0.2) is 5.96 Å². The minimum atomic E-state index is 0. The quantitative estimate of drug-likeness (QED) is 0.248. The third kappa shape index (κ3) is 6.54. The van der Waals surface area contributed by atoms with Crippen LogP contribution in [0.4, 0.5) is 0 Å². The van der Waals surface area contributed by atoms with Crippen molar-refractivity contribution in [3.8, 4) is 5.69 Å². The summed E-state index contributed by atoms with van der Waals surface area (Å²) in [6.07, 6.45) is 6.52. The molecule has 0 spiro atoms. The molecule has 0 saturated carbocycles. The van der Waals surface area contributed by atoms with Gasteiger partial charge in [0.1, 0.15) is 0 Å². The first-order chi connectivity index (χ1) is 14.8. The average molecular weight is 551 g/mol. The van der Waals surface area contributed by atoms with E-state index in [2.05, 4.69) is 57.2 Å². The van der Waals surface area contributed by atoms with E-state index in [0.717, 1.165) is 30.3 Å². The van der Waals surface area contributed by atoms with Gasteiger partial charge in [-0.2, -0.15) is 5.10 Å². The van der Waals surface area contributed by atoms with Gasteiger partial charge in [0, 0.05) is 29.7 Å². The standard InChI is InChI=1S/C23H30N6S.HI/c1-2-24-23(25-15-19-16-27-29(18-19)20-9-4-3-5-10-20)26-17-21(22-11-8-14-30-22)28-12-6-7-13-28;/h3-5,8-11,14,16,18,21H,2,6-7,12-13,15,17H2,1H3,(H2,24,25,26);1H. The molecule has 2 aromatic heterocycles. The second kappa shape index (κ2) is 12.2. The highest BCUT2D eigenvalue weighted by Gasteiger charge is 2.24. The molecule has 3 heterocycles. The van der Waals surface area contributed by atoms with Gasteiger partial charge in [0.2, 0.25) is 0 Å². The lowest BCUT2D eigenvalue weighted by atomic mass is 10.2. The van der Waals surface area contributed by atoms with Crippen LogP contribution in [0.3, 0.4) is 0 Å². The maximum atomic E-state index is 4.80. The minimum absolute atomic E-state index is 0. The highest BCUT2D eigenvalue weighted by molar-refractivity contribution is 14.0. The van der Waals surface area contributed by atoms with E-state index in [-0.39, 0.29) is 24.0 Å². The second-order valence-electron chi connectivity index (χ2n) is 7.48. The van der Waals surface area contributed by atoms with Crippen LogP contribution in [0.5, 0.6) is 0 Å². The SMILES string of the molecule is CCNC(=NCc1cnn(-c2ccccc2)c1)NCC(c1cccs1)N1CCCC1.I. The van der Waals surface area contributed by atoms with E-state index < -0.39 is 0 Å². The van der Waals surface area contributed by atoms with Gasteiger partial charge in [-0.3, -0.25) is 4.90 Å². The summed E-state index contributed by atoms with van der Waals surface area (Å²) in [5.41, 5.74) is 2.15. The Morgan fingerprint density at radius 3 is 2.65 bits per heavy atom. The van der Waals surface area contributed by atoms with Crippen molar-refractivity contribution in [1.29, 1.82) is 0 Å². The summed E-state index contributed by atoms with van der Waals surface area (Å²) in [6.45, 7) is 6.74. The van der Waals surface area contributed by atoms with Gasteiger partial charge in [-0.05, 0) is 56.4 Å². The molecule has 0 aliphatic carbocycles. The molecular formula is C23H31IN6S. The zero-order chi connectivity index (χ0) is 20.6. The van der Waals surface area contributed by atoms with Gasteiger partial charge in [-0.25, -0.2) is 9.67 Å². The highest BCUT2D eigenvalue weighted by Crippen LogP contribution is 2.27. The molecule has 2 N–H and O–H groups in total. The van der Waals surface area contributed by atoms with E-state index in [0.29, 0.717) is 12.6 Å². The fourth-order valence-corrected chi connectivity index (χ4v) is 4.67. The van der Waals surface area contributed by atoms with Crippen LogP contribution >= 0.6 is 35.3 Å². The van der Waals surface area contributed by atoms with Crippen molar-refractivity contribution in [1.82, 2.24) is 25.3 Å². The third-order valence-corrected chi connectivity index (χ3v) is 6.31. The number of nitrogens with one attached hydrogen (secondary N) is 2. The minimum Gasteiger partial charge on any atom is -0.357 e. The lowest BCUT2D eigenvalue weighted by Gasteiger charge is -2.27. The van der Waals surface area contributed by atoms with Crippen molar-refractivity contribution < 1.29 is 0 Å². The van der Waals surface area contributed by atoms with Crippen LogP contribution in [-0.4, -0.2) is 46.8 Å². The summed E-state index contributed by atoms with van der Waals surface area (Å²) in [5, 5.41) is 13.6. The largest absolute Gasteiger partial charge is 0.357 e. The molecule has 1 fully saturated rings. The van der Waals surface area contributed by atoms with E-state index in [1.807, 2.05) is 46.6 Å². The maximum absolute atomic E-state index is 4.80. The molecule has 0 amide bonds. The highest BCUT2D eigenvalue weighted by atomic mass is 127. The number of guanidine groups is 1. The molecule has 1 aliphatic rings. The Balaban J connectivity index is 0.00000272. The van der Waals surface area contributed by atoms with Crippen molar-refractivity contribution in [2.45, 2.75) is 32.4 Å². The topological polar surface area (TPSA) is 57.5 Å². The normalized spacial score (nSPS) is 15.5. The van der Waals surface area contributed by atoms with E-state index >= 15 is 0 Å². The van der Waals surface area contributed by atoms with Crippen molar-refractivity contribution in [3.63, 3.8) is 0 Å². The average Bonchev–Trinajstić information content (AvgIpc) is 3.56. The molecule has 1 saturated heterocycles. The molecule has 1 aromatic carbocycles. The van der Waals surface area contributed by atoms with Gasteiger partial charge in [0.05, 0.1) is 24.5 Å². The van der Waals surface area contributed by atoms with Gasteiger partial charge in [-0.15, -0.1) is 35.3 Å². The van der Waals surface area contributed by atoms with Crippen LogP contribution in [0.2, 0.25) is 0 Å². The number of likely N-dealkylation sites (tertiary alicyclic amines) is 1. The lowest BCUT2D eigenvalue weighted by Crippen LogP contribution is -2.42. The monoisotopic (exact) mass is 550 g/mol. The Morgan fingerprint density at radius 2 is 1.94 bits per heavy atom. The first-order valence-electron chi connectivity index (χ1n) is 10.7. The Bertz CT molecular complexity index is 919. The van der Waals surface area contributed by atoms with E-state index in [1.165, 1.54) is 30.8 Å². The summed E-state index contributed by atoms with van der Waals surface area (Å²) in [7, 11) is 0. The molecule has 4 rings (SSSR count). The molecule has 0 bridgehead atoms. The number of hydrogen-bond acceptors (Lipinski definition) is 4. The molecule has 1 unspecified atom stereocenters. The van der Waals surface area contributed by atoms with Crippen LogP contribution < -0.4 is 10.6 Å². The lowest BCUT2D eigenvalue weighted by molar-refractivity contribution is 0.249. The Hall–Kier alpha value is -1.91. The number of benzene rings is 1. The first-order valence-corrected chi connectivity index (χ1v) is 11.6. The zero-order valence-electron chi connectivity index (χ0n) is 17.9.